The maximum Gasteiger partial charge on any atom is 0.274 e. The van der Waals surface area contributed by atoms with Gasteiger partial charge in [0.05, 0.1) is 5.02 Å². The first-order valence-corrected chi connectivity index (χ1v) is 8.17. The van der Waals surface area contributed by atoms with E-state index in [1.807, 2.05) is 4.90 Å². The maximum atomic E-state index is 12.5. The average molecular weight is 330 g/mol. The van der Waals surface area contributed by atoms with E-state index < -0.39 is 0 Å². The van der Waals surface area contributed by atoms with Crippen LogP contribution in [-0.2, 0) is 0 Å². The van der Waals surface area contributed by atoms with Gasteiger partial charge in [0.2, 0.25) is 0 Å². The van der Waals surface area contributed by atoms with Crippen molar-refractivity contribution in [1.82, 2.24) is 14.8 Å². The molecule has 0 radical (unpaired) electrons. The van der Waals surface area contributed by atoms with Crippen LogP contribution in [0, 0.1) is 0 Å². The van der Waals surface area contributed by atoms with Gasteiger partial charge in [0.15, 0.2) is 0 Å². The fraction of sp³-hybridized carbons (Fsp3) is 0.600. The topological polar surface area (TPSA) is 36.4 Å². The van der Waals surface area contributed by atoms with Gasteiger partial charge < -0.3 is 9.80 Å². The number of pyridine rings is 1. The number of carbonyl (C=O) groups is 1. The van der Waals surface area contributed by atoms with E-state index in [4.69, 9.17) is 23.2 Å². The summed E-state index contributed by atoms with van der Waals surface area (Å²) in [5.41, 5.74) is 0.255. The molecule has 4 nitrogen and oxygen atoms in total. The molecule has 0 unspecified atom stereocenters. The minimum Gasteiger partial charge on any atom is -0.337 e. The third kappa shape index (κ3) is 3.87. The van der Waals surface area contributed by atoms with Gasteiger partial charge in [-0.1, -0.05) is 37.0 Å². The summed E-state index contributed by atoms with van der Waals surface area (Å²) < 4.78 is 0. The average Bonchev–Trinajstić information content (AvgIpc) is 2.51. The molecule has 1 aliphatic heterocycles. The summed E-state index contributed by atoms with van der Waals surface area (Å²) in [6.07, 6.45) is 1.98. The Morgan fingerprint density at radius 1 is 1.29 bits per heavy atom. The first-order valence-electron chi connectivity index (χ1n) is 7.42. The van der Waals surface area contributed by atoms with Crippen LogP contribution in [0.25, 0.3) is 0 Å². The van der Waals surface area contributed by atoms with Crippen molar-refractivity contribution in [3.05, 3.63) is 28.0 Å². The van der Waals surface area contributed by atoms with Crippen molar-refractivity contribution in [3.63, 3.8) is 0 Å². The molecule has 0 atom stereocenters. The molecule has 0 aromatic carbocycles. The van der Waals surface area contributed by atoms with Crippen LogP contribution < -0.4 is 0 Å². The van der Waals surface area contributed by atoms with Crippen LogP contribution in [0.1, 0.15) is 37.2 Å². The Kier molecular flexibility index (Phi) is 5.85. The van der Waals surface area contributed by atoms with Gasteiger partial charge in [-0.05, 0) is 38.1 Å². The lowest BCUT2D eigenvalue weighted by Gasteiger charge is -2.37. The van der Waals surface area contributed by atoms with Crippen molar-refractivity contribution >= 4 is 29.1 Å². The van der Waals surface area contributed by atoms with Crippen molar-refractivity contribution in [2.24, 2.45) is 0 Å². The van der Waals surface area contributed by atoms with Gasteiger partial charge >= 0.3 is 0 Å². The predicted octanol–water partition coefficient (Wildman–Crippen LogP) is 3.33. The molecule has 1 aliphatic rings. The third-order valence-electron chi connectivity index (χ3n) is 4.10. The smallest absolute Gasteiger partial charge is 0.274 e. The Morgan fingerprint density at radius 3 is 2.48 bits per heavy atom. The van der Waals surface area contributed by atoms with E-state index in [9.17, 15) is 4.79 Å². The van der Waals surface area contributed by atoms with Crippen molar-refractivity contribution < 1.29 is 4.79 Å². The number of hydrogen-bond acceptors (Lipinski definition) is 3. The zero-order valence-corrected chi connectivity index (χ0v) is 14.0. The summed E-state index contributed by atoms with van der Waals surface area (Å²) >= 11 is 11.9. The zero-order chi connectivity index (χ0) is 15.4. The number of rotatable bonds is 4. The number of halogens is 2. The van der Waals surface area contributed by atoms with Gasteiger partial charge in [0.25, 0.3) is 5.91 Å². The summed E-state index contributed by atoms with van der Waals surface area (Å²) in [7, 11) is 0. The van der Waals surface area contributed by atoms with Crippen LogP contribution in [-0.4, -0.2) is 52.9 Å². The van der Waals surface area contributed by atoms with E-state index in [1.54, 1.807) is 12.1 Å². The summed E-state index contributed by atoms with van der Waals surface area (Å²) in [6.45, 7) is 7.94. The van der Waals surface area contributed by atoms with Crippen molar-refractivity contribution in [3.8, 4) is 0 Å². The van der Waals surface area contributed by atoms with Gasteiger partial charge in [-0.2, -0.15) is 0 Å². The van der Waals surface area contributed by atoms with Gasteiger partial charge in [-0.3, -0.25) is 4.79 Å². The lowest BCUT2D eigenvalue weighted by atomic mass is 10.0. The highest BCUT2D eigenvalue weighted by molar-refractivity contribution is 6.34. The Bertz CT molecular complexity index is 498. The highest BCUT2D eigenvalue weighted by atomic mass is 35.5. The summed E-state index contributed by atoms with van der Waals surface area (Å²) in [6, 6.07) is 3.77. The molecule has 1 aromatic heterocycles. The van der Waals surface area contributed by atoms with Gasteiger partial charge in [-0.15, -0.1) is 0 Å². The first-order chi connectivity index (χ1) is 10.1. The molecule has 1 aromatic rings. The van der Waals surface area contributed by atoms with Crippen LogP contribution >= 0.6 is 23.2 Å². The second-order valence-corrected chi connectivity index (χ2v) is 6.00. The number of carbonyl (C=O) groups excluding carboxylic acids is 1. The lowest BCUT2D eigenvalue weighted by molar-refractivity contribution is 0.0626. The van der Waals surface area contributed by atoms with Crippen LogP contribution in [0.2, 0.25) is 10.2 Å². The number of likely N-dealkylation sites (tertiary alicyclic amines) is 1. The highest BCUT2D eigenvalue weighted by Crippen LogP contribution is 2.22. The van der Waals surface area contributed by atoms with Gasteiger partial charge in [-0.25, -0.2) is 4.98 Å². The molecule has 0 bridgehead atoms. The lowest BCUT2D eigenvalue weighted by Crippen LogP contribution is -2.46. The molecular formula is C15H21Cl2N3O. The standard InChI is InChI=1S/C15H21Cl2N3O/c1-3-19(4-2)11-7-9-20(10-8-11)15(21)14-12(16)5-6-13(17)18-14/h5-6,11H,3-4,7-10H2,1-2H3. The summed E-state index contributed by atoms with van der Waals surface area (Å²) in [4.78, 5) is 20.8. The Balaban J connectivity index is 2.02. The Labute approximate surface area is 136 Å². The molecule has 0 spiro atoms. The predicted molar refractivity (Wildman–Crippen MR) is 86.1 cm³/mol. The summed E-state index contributed by atoms with van der Waals surface area (Å²) in [5, 5.41) is 0.649. The summed E-state index contributed by atoms with van der Waals surface area (Å²) in [5.74, 6) is -0.125. The van der Waals surface area contributed by atoms with Crippen molar-refractivity contribution in [1.29, 1.82) is 0 Å². The fourth-order valence-corrected chi connectivity index (χ4v) is 3.23. The zero-order valence-electron chi connectivity index (χ0n) is 12.5. The number of nitrogens with zero attached hydrogens (tertiary/aromatic N) is 3. The van der Waals surface area contributed by atoms with Crippen molar-refractivity contribution in [2.75, 3.05) is 26.2 Å². The monoisotopic (exact) mass is 329 g/mol. The third-order valence-corrected chi connectivity index (χ3v) is 4.61. The minimum absolute atomic E-state index is 0.125. The molecule has 2 rings (SSSR count). The van der Waals surface area contributed by atoms with E-state index in [-0.39, 0.29) is 11.6 Å². The largest absolute Gasteiger partial charge is 0.337 e. The molecule has 116 valence electrons. The molecule has 1 saturated heterocycles. The number of piperidine rings is 1. The van der Waals surface area contributed by atoms with E-state index in [0.29, 0.717) is 16.2 Å². The molecule has 0 saturated carbocycles. The molecule has 21 heavy (non-hydrogen) atoms. The first kappa shape index (κ1) is 16.5. The van der Waals surface area contributed by atoms with E-state index in [0.717, 1.165) is 39.0 Å². The second-order valence-electron chi connectivity index (χ2n) is 5.21. The van der Waals surface area contributed by atoms with E-state index in [1.165, 1.54) is 0 Å². The maximum absolute atomic E-state index is 12.5. The molecule has 1 amide bonds. The number of amides is 1. The normalized spacial score (nSPS) is 16.5. The SMILES string of the molecule is CCN(CC)C1CCN(C(=O)c2nc(Cl)ccc2Cl)CC1. The second kappa shape index (κ2) is 7.43. The van der Waals surface area contributed by atoms with Crippen LogP contribution in [0.5, 0.6) is 0 Å². The van der Waals surface area contributed by atoms with Crippen LogP contribution in [0.15, 0.2) is 12.1 Å². The number of aromatic nitrogens is 1. The minimum atomic E-state index is -0.125. The van der Waals surface area contributed by atoms with Crippen molar-refractivity contribution in [2.45, 2.75) is 32.7 Å². The fourth-order valence-electron chi connectivity index (χ4n) is 2.89. The van der Waals surface area contributed by atoms with Crippen LogP contribution in [0.4, 0.5) is 0 Å². The van der Waals surface area contributed by atoms with E-state index >= 15 is 0 Å². The molecule has 2 heterocycles. The molecule has 1 fully saturated rings. The molecule has 6 heteroatoms. The molecule has 0 N–H and O–H groups in total. The Hall–Kier alpha value is -0.840. The van der Waals surface area contributed by atoms with Crippen LogP contribution in [0.3, 0.4) is 0 Å². The molecular weight excluding hydrogens is 309 g/mol. The quantitative estimate of drug-likeness (QED) is 0.795. The molecule has 0 aliphatic carbocycles. The van der Waals surface area contributed by atoms with Gasteiger partial charge in [0, 0.05) is 19.1 Å². The Morgan fingerprint density at radius 2 is 1.90 bits per heavy atom. The highest BCUT2D eigenvalue weighted by Gasteiger charge is 2.27. The van der Waals surface area contributed by atoms with E-state index in [2.05, 4.69) is 23.7 Å². The van der Waals surface area contributed by atoms with Gasteiger partial charge in [0.1, 0.15) is 10.8 Å². The number of hydrogen-bond donors (Lipinski definition) is 0.